The fraction of sp³-hybridized carbons (Fsp3) is 1.00. The topological polar surface area (TPSA) is 318 Å². The maximum Gasteiger partial charge on any atom is 0.187 e. The van der Waals surface area contributed by atoms with Crippen molar-refractivity contribution < 1.29 is 94.8 Å². The van der Waals surface area contributed by atoms with Gasteiger partial charge in [-0.25, -0.2) is 0 Å². The van der Waals surface area contributed by atoms with E-state index in [1.54, 1.807) is 13.8 Å². The lowest BCUT2D eigenvalue weighted by molar-refractivity contribution is -0.331. The minimum atomic E-state index is -1.65. The standard InChI is InChI=1S/C47H80O19/c1-20(8-9-27(52)43(4,5)66-41-37(60)34(57)32(55)25(17-49)64-41)29-23(62-40-36(59)33(56)31(54)24(16-48)63-40)15-45(7)26-14-21(50)38-42(2,3)28(65-39-35(58)30(53)22(51)18-61-39)10-11-47(38)19-46(26,47)13-12-44(29,45)6/h20-41,48-60H,8-19H2,1-7H3. The maximum atomic E-state index is 12.5. The Morgan fingerprint density at radius 1 is 0.652 bits per heavy atom. The van der Waals surface area contributed by atoms with Crippen molar-refractivity contribution >= 4 is 0 Å². The first-order chi connectivity index (χ1) is 30.8. The van der Waals surface area contributed by atoms with E-state index in [0.717, 1.165) is 25.7 Å². The SMILES string of the molecule is CC(CCC(O)C(C)(C)OC1OC(CO)C(O)C(O)C1O)C1C(OC2OC(CO)C(O)C(O)C2O)CC2(C)C3CC(O)C4C(C)(C)C(OC5OCC(O)C(O)C5O)CCC45CC35CCC12C. The van der Waals surface area contributed by atoms with Crippen LogP contribution < -0.4 is 0 Å². The van der Waals surface area contributed by atoms with Crippen molar-refractivity contribution in [1.82, 2.24) is 0 Å². The van der Waals surface area contributed by atoms with Crippen LogP contribution in [-0.2, 0) is 28.4 Å². The van der Waals surface area contributed by atoms with Gasteiger partial charge < -0.3 is 94.8 Å². The molecule has 0 aromatic rings. The normalized spacial score (nSPS) is 54.4. The third-order valence-corrected chi connectivity index (χ3v) is 19.5. The van der Waals surface area contributed by atoms with E-state index in [1.807, 2.05) is 0 Å². The summed E-state index contributed by atoms with van der Waals surface area (Å²) in [5.74, 6) is -0.444. The van der Waals surface area contributed by atoms with Gasteiger partial charge in [0.2, 0.25) is 0 Å². The highest BCUT2D eigenvalue weighted by Gasteiger charge is 2.84. The molecule has 0 aromatic carbocycles. The minimum Gasteiger partial charge on any atom is -0.394 e. The van der Waals surface area contributed by atoms with Crippen molar-refractivity contribution in [2.75, 3.05) is 19.8 Å². The van der Waals surface area contributed by atoms with Crippen molar-refractivity contribution in [3.05, 3.63) is 0 Å². The summed E-state index contributed by atoms with van der Waals surface area (Å²) >= 11 is 0. The Kier molecular flexibility index (Phi) is 14.1. The molecule has 26 unspecified atom stereocenters. The zero-order valence-electron chi connectivity index (χ0n) is 39.5. The van der Waals surface area contributed by atoms with E-state index in [1.165, 1.54) is 0 Å². The summed E-state index contributed by atoms with van der Waals surface area (Å²) in [6, 6.07) is 0. The van der Waals surface area contributed by atoms with E-state index in [2.05, 4.69) is 34.6 Å². The fourth-order valence-electron chi connectivity index (χ4n) is 15.7. The smallest absolute Gasteiger partial charge is 0.187 e. The van der Waals surface area contributed by atoms with Crippen LogP contribution in [0.5, 0.6) is 0 Å². The summed E-state index contributed by atoms with van der Waals surface area (Å²) in [6.45, 7) is 12.7. The van der Waals surface area contributed by atoms with E-state index >= 15 is 0 Å². The molecule has 3 heterocycles. The van der Waals surface area contributed by atoms with Crippen LogP contribution in [0.25, 0.3) is 0 Å². The van der Waals surface area contributed by atoms with Crippen LogP contribution in [0.2, 0.25) is 0 Å². The van der Waals surface area contributed by atoms with E-state index in [0.29, 0.717) is 25.7 Å². The van der Waals surface area contributed by atoms with E-state index in [4.69, 9.17) is 28.4 Å². The van der Waals surface area contributed by atoms with Gasteiger partial charge in [-0.15, -0.1) is 0 Å². The Labute approximate surface area is 386 Å². The van der Waals surface area contributed by atoms with Crippen molar-refractivity contribution in [2.45, 2.75) is 222 Å². The summed E-state index contributed by atoms with van der Waals surface area (Å²) < 4.78 is 36.5. The molecule has 66 heavy (non-hydrogen) atoms. The molecule has 19 nitrogen and oxygen atoms in total. The summed E-state index contributed by atoms with van der Waals surface area (Å²) in [5, 5.41) is 139. The Morgan fingerprint density at radius 3 is 1.86 bits per heavy atom. The van der Waals surface area contributed by atoms with Gasteiger partial charge in [-0.05, 0) is 122 Å². The average Bonchev–Trinajstić information content (AvgIpc) is 3.85. The minimum absolute atomic E-state index is 0.0537. The van der Waals surface area contributed by atoms with Crippen LogP contribution >= 0.6 is 0 Å². The zero-order valence-corrected chi connectivity index (χ0v) is 39.5. The van der Waals surface area contributed by atoms with E-state index in [9.17, 15) is 66.4 Å². The first-order valence-electron chi connectivity index (χ1n) is 24.4. The predicted octanol–water partition coefficient (Wildman–Crippen LogP) is -1.61. The molecule has 382 valence electrons. The number of rotatable bonds is 13. The first-order valence-corrected chi connectivity index (χ1v) is 24.4. The van der Waals surface area contributed by atoms with Gasteiger partial charge >= 0.3 is 0 Å². The second-order valence-corrected chi connectivity index (χ2v) is 23.5. The van der Waals surface area contributed by atoms with Gasteiger partial charge in [-0.3, -0.25) is 0 Å². The highest BCUT2D eigenvalue weighted by Crippen LogP contribution is 2.89. The largest absolute Gasteiger partial charge is 0.394 e. The summed E-state index contributed by atoms with van der Waals surface area (Å²) in [6.07, 6.45) is -17.1. The molecule has 19 heteroatoms. The van der Waals surface area contributed by atoms with Crippen LogP contribution in [-0.4, -0.2) is 202 Å². The first kappa shape index (κ1) is 51.6. The van der Waals surface area contributed by atoms with Crippen LogP contribution in [0.4, 0.5) is 0 Å². The fourth-order valence-corrected chi connectivity index (χ4v) is 15.7. The second kappa shape index (κ2) is 18.1. The molecule has 0 amide bonds. The van der Waals surface area contributed by atoms with Gasteiger partial charge in [0.25, 0.3) is 0 Å². The molecular weight excluding hydrogens is 868 g/mol. The number of hydrogen-bond donors (Lipinski definition) is 13. The molecule has 5 aliphatic carbocycles. The Hall–Kier alpha value is -0.760. The number of hydrogen-bond acceptors (Lipinski definition) is 19. The van der Waals surface area contributed by atoms with Gasteiger partial charge in [0.05, 0.1) is 49.8 Å². The lowest BCUT2D eigenvalue weighted by atomic mass is 9.41. The monoisotopic (exact) mass is 949 g/mol. The third-order valence-electron chi connectivity index (χ3n) is 19.5. The van der Waals surface area contributed by atoms with E-state index < -0.39 is 145 Å². The van der Waals surface area contributed by atoms with Crippen LogP contribution in [0.3, 0.4) is 0 Å². The lowest BCUT2D eigenvalue weighted by Crippen LogP contribution is -2.63. The molecule has 8 rings (SSSR count). The third kappa shape index (κ3) is 7.89. The van der Waals surface area contributed by atoms with Crippen molar-refractivity contribution in [3.8, 4) is 0 Å². The quantitative estimate of drug-likeness (QED) is 0.0924. The van der Waals surface area contributed by atoms with Crippen molar-refractivity contribution in [3.63, 3.8) is 0 Å². The maximum absolute atomic E-state index is 12.5. The molecule has 8 aliphatic rings. The molecule has 13 N–H and O–H groups in total. The molecule has 0 bridgehead atoms. The molecular formula is C47H80O19. The molecule has 3 saturated heterocycles. The highest BCUT2D eigenvalue weighted by atomic mass is 16.7. The highest BCUT2D eigenvalue weighted by molar-refractivity contribution is 5.32. The number of ether oxygens (including phenoxy) is 6. The Bertz CT molecular complexity index is 1700. The zero-order chi connectivity index (χ0) is 48.4. The summed E-state index contributed by atoms with van der Waals surface area (Å²) in [7, 11) is 0. The molecule has 8 fully saturated rings. The molecule has 26 atom stereocenters. The van der Waals surface area contributed by atoms with E-state index in [-0.39, 0.29) is 47.5 Å². The molecule has 2 spiro atoms. The Balaban J connectivity index is 1.04. The Morgan fingerprint density at radius 2 is 1.24 bits per heavy atom. The van der Waals surface area contributed by atoms with Crippen molar-refractivity contribution in [1.29, 1.82) is 0 Å². The van der Waals surface area contributed by atoms with Gasteiger partial charge in [-0.1, -0.05) is 34.6 Å². The lowest BCUT2D eigenvalue weighted by Gasteiger charge is -2.64. The van der Waals surface area contributed by atoms with Crippen LogP contribution in [0.15, 0.2) is 0 Å². The molecule has 0 aromatic heterocycles. The average molecular weight is 949 g/mol. The van der Waals surface area contributed by atoms with Crippen molar-refractivity contribution in [2.24, 2.45) is 50.7 Å². The van der Waals surface area contributed by atoms with Gasteiger partial charge in [0.15, 0.2) is 18.9 Å². The summed E-state index contributed by atoms with van der Waals surface area (Å²) in [5.41, 5.74) is -3.04. The van der Waals surface area contributed by atoms with Gasteiger partial charge in [-0.2, -0.15) is 0 Å². The predicted molar refractivity (Wildman–Crippen MR) is 228 cm³/mol. The van der Waals surface area contributed by atoms with Crippen LogP contribution in [0, 0.1) is 50.7 Å². The van der Waals surface area contributed by atoms with Crippen LogP contribution in [0.1, 0.15) is 106 Å². The molecule has 3 aliphatic heterocycles. The number of aliphatic hydroxyl groups excluding tert-OH is 13. The molecule has 5 saturated carbocycles. The van der Waals surface area contributed by atoms with Gasteiger partial charge in [0.1, 0.15) is 67.1 Å². The summed E-state index contributed by atoms with van der Waals surface area (Å²) in [4.78, 5) is 0. The van der Waals surface area contributed by atoms with Gasteiger partial charge in [0, 0.05) is 0 Å². The molecule has 0 radical (unpaired) electrons. The second-order valence-electron chi connectivity index (χ2n) is 23.5. The number of aliphatic hydroxyl groups is 13. The number of fused-ring (bicyclic) bond motifs is 2.